The summed E-state index contributed by atoms with van der Waals surface area (Å²) in [7, 11) is 0. The number of nitrogens with one attached hydrogen (secondary N) is 1. The largest absolute Gasteiger partial charge is 0.491 e. The highest BCUT2D eigenvalue weighted by Gasteiger charge is 2.10. The molecule has 1 N–H and O–H groups in total. The average Bonchev–Trinajstić information content (AvgIpc) is 2.49. The molecule has 0 aliphatic rings. The van der Waals surface area contributed by atoms with Gasteiger partial charge >= 0.3 is 0 Å². The molecule has 0 aliphatic carbocycles. The van der Waals surface area contributed by atoms with E-state index in [2.05, 4.69) is 18.3 Å². The first-order valence-electron chi connectivity index (χ1n) is 7.58. The second kappa shape index (κ2) is 7.64. The number of rotatable bonds is 6. The molecule has 2 rings (SSSR count). The maximum Gasteiger partial charge on any atom is 0.224 e. The number of hydrogen-bond acceptors (Lipinski definition) is 2. The summed E-state index contributed by atoms with van der Waals surface area (Å²) in [6.07, 6.45) is 0.405. The summed E-state index contributed by atoms with van der Waals surface area (Å²) in [5.41, 5.74) is 3.44. The summed E-state index contributed by atoms with van der Waals surface area (Å²) in [5.74, 6) is 0.842. The van der Waals surface area contributed by atoms with Crippen LogP contribution in [0.4, 0.5) is 0 Å². The Morgan fingerprint density at radius 3 is 2.55 bits per heavy atom. The Hall–Kier alpha value is -2.29. The predicted molar refractivity (Wildman–Crippen MR) is 89.2 cm³/mol. The SMILES string of the molecule is Cc1ccc(CC(=O)NC(C)COc2ccccc2)c(C)c1. The van der Waals surface area contributed by atoms with Crippen LogP contribution in [0.1, 0.15) is 23.6 Å². The highest BCUT2D eigenvalue weighted by molar-refractivity contribution is 5.79. The number of para-hydroxylation sites is 1. The molecule has 1 unspecified atom stereocenters. The van der Waals surface area contributed by atoms with Crippen LogP contribution >= 0.6 is 0 Å². The monoisotopic (exact) mass is 297 g/mol. The Bertz CT molecular complexity index is 623. The van der Waals surface area contributed by atoms with Gasteiger partial charge in [0.1, 0.15) is 12.4 Å². The number of ether oxygens (including phenoxy) is 1. The van der Waals surface area contributed by atoms with Gasteiger partial charge in [-0.25, -0.2) is 0 Å². The topological polar surface area (TPSA) is 38.3 Å². The van der Waals surface area contributed by atoms with Crippen molar-refractivity contribution in [3.05, 3.63) is 65.2 Å². The molecule has 0 aliphatic heterocycles. The zero-order valence-electron chi connectivity index (χ0n) is 13.4. The van der Waals surface area contributed by atoms with E-state index in [-0.39, 0.29) is 11.9 Å². The van der Waals surface area contributed by atoms with E-state index in [0.29, 0.717) is 13.0 Å². The highest BCUT2D eigenvalue weighted by Crippen LogP contribution is 2.11. The summed E-state index contributed by atoms with van der Waals surface area (Å²) < 4.78 is 5.64. The minimum Gasteiger partial charge on any atom is -0.491 e. The van der Waals surface area contributed by atoms with Crippen LogP contribution in [0, 0.1) is 13.8 Å². The molecule has 0 bridgehead atoms. The first-order valence-corrected chi connectivity index (χ1v) is 7.58. The zero-order valence-corrected chi connectivity index (χ0v) is 13.4. The van der Waals surface area contributed by atoms with E-state index < -0.39 is 0 Å². The van der Waals surface area contributed by atoms with Crippen molar-refractivity contribution in [2.24, 2.45) is 0 Å². The molecule has 0 radical (unpaired) electrons. The van der Waals surface area contributed by atoms with Gasteiger partial charge in [-0.2, -0.15) is 0 Å². The quantitative estimate of drug-likeness (QED) is 0.887. The maximum atomic E-state index is 12.1. The van der Waals surface area contributed by atoms with Crippen LogP contribution in [0.3, 0.4) is 0 Å². The molecule has 22 heavy (non-hydrogen) atoms. The Balaban J connectivity index is 1.81. The summed E-state index contributed by atoms with van der Waals surface area (Å²) in [6.45, 7) is 6.50. The minimum atomic E-state index is -0.0292. The smallest absolute Gasteiger partial charge is 0.224 e. The minimum absolute atomic E-state index is 0.0242. The number of carbonyl (C=O) groups is 1. The van der Waals surface area contributed by atoms with Crippen molar-refractivity contribution >= 4 is 5.91 Å². The van der Waals surface area contributed by atoms with Crippen LogP contribution in [0.15, 0.2) is 48.5 Å². The van der Waals surface area contributed by atoms with E-state index in [1.54, 1.807) is 0 Å². The third-order valence-electron chi connectivity index (χ3n) is 3.50. The van der Waals surface area contributed by atoms with Crippen molar-refractivity contribution in [3.8, 4) is 5.75 Å². The molecule has 1 atom stereocenters. The van der Waals surface area contributed by atoms with Gasteiger partial charge < -0.3 is 10.1 Å². The molecule has 0 heterocycles. The summed E-state index contributed by atoms with van der Waals surface area (Å²) >= 11 is 0. The first-order chi connectivity index (χ1) is 10.5. The van der Waals surface area contributed by atoms with Gasteiger partial charge in [-0.15, -0.1) is 0 Å². The van der Waals surface area contributed by atoms with E-state index in [4.69, 9.17) is 4.74 Å². The number of aryl methyl sites for hydroxylation is 2. The highest BCUT2D eigenvalue weighted by atomic mass is 16.5. The van der Waals surface area contributed by atoms with Crippen molar-refractivity contribution in [2.45, 2.75) is 33.2 Å². The fourth-order valence-electron chi connectivity index (χ4n) is 2.32. The third-order valence-corrected chi connectivity index (χ3v) is 3.50. The van der Waals surface area contributed by atoms with E-state index >= 15 is 0 Å². The third kappa shape index (κ3) is 4.92. The summed E-state index contributed by atoms with van der Waals surface area (Å²) in [4.78, 5) is 12.1. The molecule has 0 spiro atoms. The second-order valence-corrected chi connectivity index (χ2v) is 5.70. The maximum absolute atomic E-state index is 12.1. The number of carbonyl (C=O) groups excluding carboxylic acids is 1. The Labute approximate surface area is 132 Å². The summed E-state index contributed by atoms with van der Waals surface area (Å²) in [5, 5.41) is 2.98. The van der Waals surface area contributed by atoms with Crippen LogP contribution in [-0.4, -0.2) is 18.6 Å². The van der Waals surface area contributed by atoms with Gasteiger partial charge in [0.15, 0.2) is 0 Å². The van der Waals surface area contributed by atoms with E-state index in [1.165, 1.54) is 5.56 Å². The van der Waals surface area contributed by atoms with Gasteiger partial charge in [-0.3, -0.25) is 4.79 Å². The molecule has 0 saturated carbocycles. The zero-order chi connectivity index (χ0) is 15.9. The molecule has 3 nitrogen and oxygen atoms in total. The number of benzene rings is 2. The van der Waals surface area contributed by atoms with Gasteiger partial charge in [0, 0.05) is 0 Å². The fourth-order valence-corrected chi connectivity index (χ4v) is 2.32. The molecule has 0 saturated heterocycles. The van der Waals surface area contributed by atoms with Crippen LogP contribution in [0.25, 0.3) is 0 Å². The molecular formula is C19H23NO2. The normalized spacial score (nSPS) is 11.8. The van der Waals surface area contributed by atoms with Crippen LogP contribution in [0.2, 0.25) is 0 Å². The summed E-state index contributed by atoms with van der Waals surface area (Å²) in [6, 6.07) is 15.8. The van der Waals surface area contributed by atoms with Crippen molar-refractivity contribution < 1.29 is 9.53 Å². The molecule has 2 aromatic rings. The molecule has 116 valence electrons. The van der Waals surface area contributed by atoms with Crippen LogP contribution in [-0.2, 0) is 11.2 Å². The lowest BCUT2D eigenvalue weighted by molar-refractivity contribution is -0.121. The van der Waals surface area contributed by atoms with Gasteiger partial charge in [-0.1, -0.05) is 42.0 Å². The fraction of sp³-hybridized carbons (Fsp3) is 0.316. The van der Waals surface area contributed by atoms with Crippen molar-refractivity contribution in [1.29, 1.82) is 0 Å². The lowest BCUT2D eigenvalue weighted by Gasteiger charge is -2.15. The van der Waals surface area contributed by atoms with Crippen LogP contribution < -0.4 is 10.1 Å². The number of amides is 1. The lowest BCUT2D eigenvalue weighted by atomic mass is 10.0. The Morgan fingerprint density at radius 2 is 1.86 bits per heavy atom. The molecular weight excluding hydrogens is 274 g/mol. The van der Waals surface area contributed by atoms with Crippen molar-refractivity contribution in [1.82, 2.24) is 5.32 Å². The van der Waals surface area contributed by atoms with E-state index in [1.807, 2.05) is 56.3 Å². The van der Waals surface area contributed by atoms with Gasteiger partial charge in [-0.05, 0) is 44.0 Å². The average molecular weight is 297 g/mol. The van der Waals surface area contributed by atoms with E-state index in [0.717, 1.165) is 16.9 Å². The first kappa shape index (κ1) is 16.1. The number of hydrogen-bond donors (Lipinski definition) is 1. The predicted octanol–water partition coefficient (Wildman–Crippen LogP) is 3.43. The standard InChI is InChI=1S/C19H23NO2/c1-14-9-10-17(15(2)11-14)12-19(21)20-16(3)13-22-18-7-5-4-6-8-18/h4-11,16H,12-13H2,1-3H3,(H,20,21). The second-order valence-electron chi connectivity index (χ2n) is 5.70. The molecule has 1 amide bonds. The van der Waals surface area contributed by atoms with E-state index in [9.17, 15) is 4.79 Å². The van der Waals surface area contributed by atoms with Crippen molar-refractivity contribution in [2.75, 3.05) is 6.61 Å². The Kier molecular flexibility index (Phi) is 5.59. The van der Waals surface area contributed by atoms with Crippen molar-refractivity contribution in [3.63, 3.8) is 0 Å². The molecule has 0 aromatic heterocycles. The Morgan fingerprint density at radius 1 is 1.14 bits per heavy atom. The molecule has 0 fully saturated rings. The van der Waals surface area contributed by atoms with Gasteiger partial charge in [0.05, 0.1) is 12.5 Å². The molecule has 3 heteroatoms. The lowest BCUT2D eigenvalue weighted by Crippen LogP contribution is -2.37. The van der Waals surface area contributed by atoms with Crippen LogP contribution in [0.5, 0.6) is 5.75 Å². The molecule has 2 aromatic carbocycles. The van der Waals surface area contributed by atoms with Gasteiger partial charge in [0.25, 0.3) is 0 Å². The van der Waals surface area contributed by atoms with Gasteiger partial charge in [0.2, 0.25) is 5.91 Å².